The molecule has 0 atom stereocenters. The Balaban J connectivity index is 3.21. The van der Waals surface area contributed by atoms with Crippen LogP contribution in [-0.2, 0) is 6.42 Å². The lowest BCUT2D eigenvalue weighted by atomic mass is 9.98. The first-order valence-corrected chi connectivity index (χ1v) is 6.16. The van der Waals surface area contributed by atoms with Crippen LogP contribution in [0.15, 0.2) is 12.1 Å². The highest BCUT2D eigenvalue weighted by Crippen LogP contribution is 2.33. The van der Waals surface area contributed by atoms with Crippen LogP contribution >= 0.6 is 0 Å². The van der Waals surface area contributed by atoms with E-state index in [2.05, 4.69) is 0 Å². The van der Waals surface area contributed by atoms with Crippen molar-refractivity contribution in [3.05, 3.63) is 23.3 Å². The number of ether oxygens (including phenoxy) is 1. The summed E-state index contributed by atoms with van der Waals surface area (Å²) in [4.78, 5) is 11.8. The molecular formula is C14H20O3. The van der Waals surface area contributed by atoms with Crippen molar-refractivity contribution in [1.29, 1.82) is 0 Å². The van der Waals surface area contributed by atoms with Crippen molar-refractivity contribution < 1.29 is 14.6 Å². The van der Waals surface area contributed by atoms with E-state index in [0.717, 1.165) is 12.0 Å². The highest BCUT2D eigenvalue weighted by Gasteiger charge is 2.16. The van der Waals surface area contributed by atoms with Crippen molar-refractivity contribution in [3.8, 4) is 11.5 Å². The smallest absolute Gasteiger partial charge is 0.164 e. The SMILES string of the molecule is CCCOc1c(O)ccc(C(=O)CC)c1CC. The molecule has 1 rings (SSSR count). The average Bonchev–Trinajstić information content (AvgIpc) is 2.35. The molecule has 0 saturated carbocycles. The molecular weight excluding hydrogens is 216 g/mol. The zero-order valence-corrected chi connectivity index (χ0v) is 10.7. The van der Waals surface area contributed by atoms with Crippen LogP contribution in [0.1, 0.15) is 49.5 Å². The number of hydrogen-bond acceptors (Lipinski definition) is 3. The highest BCUT2D eigenvalue weighted by atomic mass is 16.5. The molecule has 0 amide bonds. The quantitative estimate of drug-likeness (QED) is 0.770. The number of hydrogen-bond donors (Lipinski definition) is 1. The number of phenolic OH excluding ortho intramolecular Hbond substituents is 1. The fraction of sp³-hybridized carbons (Fsp3) is 0.500. The Hall–Kier alpha value is -1.51. The van der Waals surface area contributed by atoms with Crippen molar-refractivity contribution in [2.45, 2.75) is 40.0 Å². The average molecular weight is 236 g/mol. The molecule has 0 aliphatic heterocycles. The Labute approximate surface area is 102 Å². The van der Waals surface area contributed by atoms with E-state index >= 15 is 0 Å². The minimum absolute atomic E-state index is 0.0863. The molecule has 0 radical (unpaired) electrons. The Kier molecular flexibility index (Phi) is 5.01. The Morgan fingerprint density at radius 3 is 2.53 bits per heavy atom. The van der Waals surface area contributed by atoms with E-state index in [9.17, 15) is 9.90 Å². The maximum Gasteiger partial charge on any atom is 0.164 e. The number of Topliss-reactive ketones (excluding diaryl/α,β-unsaturated/α-hetero) is 1. The van der Waals surface area contributed by atoms with Crippen molar-refractivity contribution in [2.24, 2.45) is 0 Å². The van der Waals surface area contributed by atoms with Gasteiger partial charge in [0.15, 0.2) is 17.3 Å². The lowest BCUT2D eigenvalue weighted by molar-refractivity contribution is 0.0986. The van der Waals surface area contributed by atoms with Gasteiger partial charge in [-0.05, 0) is 25.0 Å². The maximum atomic E-state index is 11.8. The van der Waals surface area contributed by atoms with Gasteiger partial charge in [0, 0.05) is 17.5 Å². The fourth-order valence-electron chi connectivity index (χ4n) is 1.78. The predicted octanol–water partition coefficient (Wildman–Crippen LogP) is 3.34. The van der Waals surface area contributed by atoms with Gasteiger partial charge in [0.1, 0.15) is 0 Å². The number of rotatable bonds is 6. The van der Waals surface area contributed by atoms with Gasteiger partial charge >= 0.3 is 0 Å². The van der Waals surface area contributed by atoms with Gasteiger partial charge in [0.05, 0.1) is 6.61 Å². The predicted molar refractivity (Wildman–Crippen MR) is 67.9 cm³/mol. The molecule has 0 saturated heterocycles. The molecule has 0 aromatic heterocycles. The lowest BCUT2D eigenvalue weighted by Crippen LogP contribution is -2.06. The van der Waals surface area contributed by atoms with E-state index in [1.807, 2.05) is 20.8 Å². The number of ketones is 1. The summed E-state index contributed by atoms with van der Waals surface area (Å²) in [5.74, 6) is 0.666. The molecule has 0 bridgehead atoms. The molecule has 17 heavy (non-hydrogen) atoms. The zero-order chi connectivity index (χ0) is 12.8. The standard InChI is InChI=1S/C14H20O3/c1-4-9-17-14-10(5-2)11(12(15)6-3)7-8-13(14)16/h7-8,16H,4-6,9H2,1-3H3. The molecule has 1 aromatic rings. The van der Waals surface area contributed by atoms with Crippen LogP contribution < -0.4 is 4.74 Å². The molecule has 0 heterocycles. The highest BCUT2D eigenvalue weighted by molar-refractivity contribution is 5.98. The molecule has 1 N–H and O–H groups in total. The topological polar surface area (TPSA) is 46.5 Å². The molecule has 0 unspecified atom stereocenters. The number of aromatic hydroxyl groups is 1. The summed E-state index contributed by atoms with van der Waals surface area (Å²) in [6.45, 7) is 6.34. The molecule has 0 fully saturated rings. The maximum absolute atomic E-state index is 11.8. The number of phenols is 1. The molecule has 94 valence electrons. The van der Waals surface area contributed by atoms with Crippen molar-refractivity contribution in [2.75, 3.05) is 6.61 Å². The minimum atomic E-state index is 0.0863. The van der Waals surface area contributed by atoms with E-state index in [1.54, 1.807) is 6.07 Å². The van der Waals surface area contributed by atoms with E-state index in [4.69, 9.17) is 4.74 Å². The second-order valence-electron chi connectivity index (χ2n) is 3.92. The Bertz CT molecular complexity index is 397. The Morgan fingerprint density at radius 2 is 2.00 bits per heavy atom. The normalized spacial score (nSPS) is 10.3. The van der Waals surface area contributed by atoms with Gasteiger partial charge in [-0.1, -0.05) is 20.8 Å². The summed E-state index contributed by atoms with van der Waals surface area (Å²) in [6.07, 6.45) is 2.01. The summed E-state index contributed by atoms with van der Waals surface area (Å²) < 4.78 is 5.54. The third kappa shape index (κ3) is 2.99. The van der Waals surface area contributed by atoms with Gasteiger partial charge in [0.2, 0.25) is 0 Å². The van der Waals surface area contributed by atoms with E-state index < -0.39 is 0 Å². The van der Waals surface area contributed by atoms with Gasteiger partial charge < -0.3 is 9.84 Å². The number of carbonyl (C=O) groups excluding carboxylic acids is 1. The Morgan fingerprint density at radius 1 is 1.29 bits per heavy atom. The minimum Gasteiger partial charge on any atom is -0.504 e. The van der Waals surface area contributed by atoms with Gasteiger partial charge in [-0.15, -0.1) is 0 Å². The molecule has 1 aromatic carbocycles. The molecule has 0 aliphatic carbocycles. The summed E-state index contributed by atoms with van der Waals surface area (Å²) >= 11 is 0. The van der Waals surface area contributed by atoms with E-state index in [1.165, 1.54) is 6.07 Å². The second kappa shape index (κ2) is 6.28. The lowest BCUT2D eigenvalue weighted by Gasteiger charge is -2.14. The van der Waals surface area contributed by atoms with Crippen LogP contribution in [0.4, 0.5) is 0 Å². The molecule has 3 nitrogen and oxygen atoms in total. The summed E-state index contributed by atoms with van der Waals surface area (Å²) in [6, 6.07) is 3.21. The van der Waals surface area contributed by atoms with E-state index in [0.29, 0.717) is 30.8 Å². The molecule has 0 aliphatic rings. The first-order valence-electron chi connectivity index (χ1n) is 6.16. The first kappa shape index (κ1) is 13.6. The third-order valence-corrected chi connectivity index (χ3v) is 2.67. The van der Waals surface area contributed by atoms with Crippen LogP contribution in [0.2, 0.25) is 0 Å². The second-order valence-corrected chi connectivity index (χ2v) is 3.92. The monoisotopic (exact) mass is 236 g/mol. The van der Waals surface area contributed by atoms with Crippen LogP contribution in [0.25, 0.3) is 0 Å². The largest absolute Gasteiger partial charge is 0.504 e. The summed E-state index contributed by atoms with van der Waals surface area (Å²) in [5, 5.41) is 9.79. The van der Waals surface area contributed by atoms with Crippen LogP contribution in [0, 0.1) is 0 Å². The van der Waals surface area contributed by atoms with Gasteiger partial charge in [0.25, 0.3) is 0 Å². The number of carbonyl (C=O) groups is 1. The van der Waals surface area contributed by atoms with Gasteiger partial charge in [-0.3, -0.25) is 4.79 Å². The van der Waals surface area contributed by atoms with Crippen molar-refractivity contribution >= 4 is 5.78 Å². The summed E-state index contributed by atoms with van der Waals surface area (Å²) in [5.41, 5.74) is 1.48. The van der Waals surface area contributed by atoms with Crippen molar-refractivity contribution in [1.82, 2.24) is 0 Å². The first-order chi connectivity index (χ1) is 8.15. The molecule has 3 heteroatoms. The van der Waals surface area contributed by atoms with Crippen LogP contribution in [-0.4, -0.2) is 17.5 Å². The van der Waals surface area contributed by atoms with Crippen LogP contribution in [0.3, 0.4) is 0 Å². The molecule has 0 spiro atoms. The summed E-state index contributed by atoms with van der Waals surface area (Å²) in [7, 11) is 0. The van der Waals surface area contributed by atoms with E-state index in [-0.39, 0.29) is 11.5 Å². The fourth-order valence-corrected chi connectivity index (χ4v) is 1.78. The van der Waals surface area contributed by atoms with Crippen LogP contribution in [0.5, 0.6) is 11.5 Å². The van der Waals surface area contributed by atoms with Crippen molar-refractivity contribution in [3.63, 3.8) is 0 Å². The van der Waals surface area contributed by atoms with Gasteiger partial charge in [-0.25, -0.2) is 0 Å². The third-order valence-electron chi connectivity index (χ3n) is 2.67. The van der Waals surface area contributed by atoms with Gasteiger partial charge in [-0.2, -0.15) is 0 Å². The number of benzene rings is 1. The zero-order valence-electron chi connectivity index (χ0n) is 10.7.